The van der Waals surface area contributed by atoms with E-state index in [1.54, 1.807) is 6.92 Å². The number of Topliss-reactive ketones (excluding diaryl/α,β-unsaturated/α-hetero) is 1. The molecule has 4 heteroatoms. The summed E-state index contributed by atoms with van der Waals surface area (Å²) in [5.74, 6) is -0.159. The molecule has 3 nitrogen and oxygen atoms in total. The summed E-state index contributed by atoms with van der Waals surface area (Å²) in [6, 6.07) is 0. The maximum absolute atomic E-state index is 12.1. The molecule has 2 aliphatic carbocycles. The zero-order valence-corrected chi connectivity index (χ0v) is 12.1. The van der Waals surface area contributed by atoms with E-state index in [1.165, 1.54) is 0 Å². The molecular formula is C15H17ClO3. The van der Waals surface area contributed by atoms with Crippen LogP contribution in [0.5, 0.6) is 0 Å². The van der Waals surface area contributed by atoms with Crippen molar-refractivity contribution in [1.82, 2.24) is 0 Å². The number of rotatable bonds is 0. The normalized spacial score (nSPS) is 41.7. The van der Waals surface area contributed by atoms with E-state index >= 15 is 0 Å². The molecule has 0 radical (unpaired) electrons. The van der Waals surface area contributed by atoms with Gasteiger partial charge in [-0.2, -0.15) is 0 Å². The van der Waals surface area contributed by atoms with Gasteiger partial charge in [-0.25, -0.2) is 0 Å². The Labute approximate surface area is 117 Å². The molecular weight excluding hydrogens is 264 g/mol. The van der Waals surface area contributed by atoms with Crippen LogP contribution in [-0.4, -0.2) is 17.9 Å². The maximum atomic E-state index is 12.1. The van der Waals surface area contributed by atoms with Gasteiger partial charge < -0.3 is 4.74 Å². The van der Waals surface area contributed by atoms with Crippen LogP contribution in [-0.2, 0) is 14.3 Å². The first-order valence-electron chi connectivity index (χ1n) is 6.70. The molecule has 1 saturated heterocycles. The highest BCUT2D eigenvalue weighted by Gasteiger charge is 2.53. The molecule has 3 aliphatic rings. The fourth-order valence-electron chi connectivity index (χ4n) is 3.80. The average Bonchev–Trinajstić information content (AvgIpc) is 2.61. The molecule has 0 bridgehead atoms. The van der Waals surface area contributed by atoms with Crippen LogP contribution in [0.25, 0.3) is 0 Å². The smallest absolute Gasteiger partial charge is 0.309 e. The third-order valence-corrected chi connectivity index (χ3v) is 5.23. The summed E-state index contributed by atoms with van der Waals surface area (Å²) in [6.07, 6.45) is 3.43. The Morgan fingerprint density at radius 3 is 2.79 bits per heavy atom. The second kappa shape index (κ2) is 3.95. The molecule has 3 rings (SSSR count). The summed E-state index contributed by atoms with van der Waals surface area (Å²) < 4.78 is 5.54. The van der Waals surface area contributed by atoms with Gasteiger partial charge in [-0.1, -0.05) is 31.5 Å². The first kappa shape index (κ1) is 12.9. The minimum Gasteiger partial charge on any atom is -0.457 e. The Morgan fingerprint density at radius 2 is 2.11 bits per heavy atom. The van der Waals surface area contributed by atoms with E-state index in [4.69, 9.17) is 16.3 Å². The van der Waals surface area contributed by atoms with Gasteiger partial charge in [0, 0.05) is 16.9 Å². The Hall–Kier alpha value is -1.09. The van der Waals surface area contributed by atoms with Gasteiger partial charge in [0.25, 0.3) is 0 Å². The van der Waals surface area contributed by atoms with E-state index in [1.807, 2.05) is 13.0 Å². The van der Waals surface area contributed by atoms with Crippen molar-refractivity contribution in [3.05, 3.63) is 22.3 Å². The molecule has 0 unspecified atom stereocenters. The maximum Gasteiger partial charge on any atom is 0.309 e. The van der Waals surface area contributed by atoms with Gasteiger partial charge >= 0.3 is 5.97 Å². The van der Waals surface area contributed by atoms with Crippen molar-refractivity contribution < 1.29 is 14.3 Å². The van der Waals surface area contributed by atoms with Crippen LogP contribution in [0.15, 0.2) is 22.3 Å². The van der Waals surface area contributed by atoms with E-state index in [0.717, 1.165) is 18.4 Å². The van der Waals surface area contributed by atoms with E-state index in [-0.39, 0.29) is 35.1 Å². The molecule has 0 N–H and O–H groups in total. The monoisotopic (exact) mass is 280 g/mol. The Morgan fingerprint density at radius 1 is 1.42 bits per heavy atom. The van der Waals surface area contributed by atoms with Crippen LogP contribution in [0.4, 0.5) is 0 Å². The van der Waals surface area contributed by atoms with E-state index in [9.17, 15) is 9.59 Å². The van der Waals surface area contributed by atoms with Crippen LogP contribution >= 0.6 is 11.6 Å². The molecule has 0 spiro atoms. The Bertz CT molecular complexity index is 546. The Kier molecular flexibility index (Phi) is 2.69. The summed E-state index contributed by atoms with van der Waals surface area (Å²) in [4.78, 5) is 23.9. The molecule has 2 fully saturated rings. The van der Waals surface area contributed by atoms with Crippen molar-refractivity contribution in [2.24, 2.45) is 17.3 Å². The van der Waals surface area contributed by atoms with Crippen LogP contribution < -0.4 is 0 Å². The minimum absolute atomic E-state index is 0.0775. The summed E-state index contributed by atoms with van der Waals surface area (Å²) in [6.45, 7) is 5.79. The molecule has 1 aliphatic heterocycles. The average molecular weight is 281 g/mol. The predicted molar refractivity (Wildman–Crippen MR) is 71.5 cm³/mol. The van der Waals surface area contributed by atoms with Crippen LogP contribution in [0.2, 0.25) is 0 Å². The summed E-state index contributed by atoms with van der Waals surface area (Å²) >= 11 is 6.04. The van der Waals surface area contributed by atoms with Gasteiger partial charge in [0.05, 0.1) is 11.0 Å². The topological polar surface area (TPSA) is 43.4 Å². The van der Waals surface area contributed by atoms with E-state index in [2.05, 4.69) is 6.92 Å². The number of carbonyl (C=O) groups excluding carboxylic acids is 2. The van der Waals surface area contributed by atoms with Crippen molar-refractivity contribution >= 4 is 23.4 Å². The second-order valence-corrected chi connectivity index (χ2v) is 6.53. The second-order valence-electron chi connectivity index (χ2n) is 6.13. The van der Waals surface area contributed by atoms with E-state index in [0.29, 0.717) is 10.6 Å². The van der Waals surface area contributed by atoms with Crippen molar-refractivity contribution in [1.29, 1.82) is 0 Å². The first-order chi connectivity index (χ1) is 8.85. The molecule has 0 aromatic rings. The number of allylic oxidation sites excluding steroid dienone is 3. The predicted octanol–water partition coefficient (Wildman–Crippen LogP) is 2.99. The molecule has 102 valence electrons. The highest BCUT2D eigenvalue weighted by atomic mass is 35.5. The van der Waals surface area contributed by atoms with Crippen LogP contribution in [0.3, 0.4) is 0 Å². The lowest BCUT2D eigenvalue weighted by Gasteiger charge is -2.43. The fourth-order valence-corrected chi connectivity index (χ4v) is 4.18. The summed E-state index contributed by atoms with van der Waals surface area (Å²) in [5.41, 5.74) is 1.38. The number of carbonyl (C=O) groups is 2. The zero-order chi connectivity index (χ0) is 13.9. The minimum atomic E-state index is -0.249. The fraction of sp³-hybridized carbons (Fsp3) is 0.600. The number of ketones is 1. The SMILES string of the molecule is CC1=C2[C@@H]3OC(=O)[C@@H](C)[C@H]3CC[C@]2(C)C=C(Cl)C1=O. The van der Waals surface area contributed by atoms with Gasteiger partial charge in [0.2, 0.25) is 0 Å². The lowest BCUT2D eigenvalue weighted by molar-refractivity contribution is -0.143. The van der Waals surface area contributed by atoms with Gasteiger partial charge in [0.1, 0.15) is 6.10 Å². The van der Waals surface area contributed by atoms with Crippen molar-refractivity contribution in [2.75, 3.05) is 0 Å². The number of hydrogen-bond acceptors (Lipinski definition) is 3. The molecule has 0 amide bonds. The van der Waals surface area contributed by atoms with Crippen LogP contribution in [0, 0.1) is 17.3 Å². The first-order valence-corrected chi connectivity index (χ1v) is 7.08. The molecule has 4 atom stereocenters. The molecule has 19 heavy (non-hydrogen) atoms. The van der Waals surface area contributed by atoms with Crippen molar-refractivity contribution in [3.63, 3.8) is 0 Å². The highest BCUT2D eigenvalue weighted by Crippen LogP contribution is 2.54. The van der Waals surface area contributed by atoms with Gasteiger partial charge in [0.15, 0.2) is 5.78 Å². The van der Waals surface area contributed by atoms with Gasteiger partial charge in [-0.15, -0.1) is 0 Å². The molecule has 1 saturated carbocycles. The summed E-state index contributed by atoms with van der Waals surface area (Å²) in [7, 11) is 0. The number of halogens is 1. The summed E-state index contributed by atoms with van der Waals surface area (Å²) in [5, 5.41) is 0.291. The number of fused-ring (bicyclic) bond motifs is 3. The third-order valence-electron chi connectivity index (χ3n) is 4.95. The molecule has 1 heterocycles. The number of esters is 1. The largest absolute Gasteiger partial charge is 0.457 e. The Balaban J connectivity index is 2.12. The standard InChI is InChI=1S/C15H17ClO3/c1-7-9-4-5-15(3)6-10(16)12(17)8(2)11(15)13(9)19-14(7)18/h6-7,9,13H,4-5H2,1-3H3/t7-,9+,13+,15+/m0/s1. The quantitative estimate of drug-likeness (QED) is 0.641. The molecule has 0 aromatic heterocycles. The molecule has 0 aromatic carbocycles. The van der Waals surface area contributed by atoms with Crippen molar-refractivity contribution in [2.45, 2.75) is 39.7 Å². The van der Waals surface area contributed by atoms with E-state index < -0.39 is 0 Å². The number of hydrogen-bond donors (Lipinski definition) is 0. The van der Waals surface area contributed by atoms with Gasteiger partial charge in [-0.3, -0.25) is 9.59 Å². The van der Waals surface area contributed by atoms with Crippen LogP contribution in [0.1, 0.15) is 33.6 Å². The van der Waals surface area contributed by atoms with Crippen molar-refractivity contribution in [3.8, 4) is 0 Å². The lowest BCUT2D eigenvalue weighted by Crippen LogP contribution is -2.40. The highest BCUT2D eigenvalue weighted by molar-refractivity contribution is 6.45. The third kappa shape index (κ3) is 1.64. The van der Waals surface area contributed by atoms with Gasteiger partial charge in [-0.05, 0) is 25.3 Å². The lowest BCUT2D eigenvalue weighted by atomic mass is 9.61. The zero-order valence-electron chi connectivity index (χ0n) is 11.3. The number of ether oxygens (including phenoxy) is 1.